The molecule has 0 fully saturated rings. The molecule has 0 heterocycles. The van der Waals surface area contributed by atoms with Crippen LogP contribution in [0.4, 0.5) is 0 Å². The number of nitrogens with one attached hydrogen (secondary N) is 1. The summed E-state index contributed by atoms with van der Waals surface area (Å²) in [5.41, 5.74) is 0. The molecular weight excluding hydrogens is 1010 g/mol. The summed E-state index contributed by atoms with van der Waals surface area (Å²) < 4.78 is 5.51. The standard InChI is InChI=1S/C76H147NO5/c1-3-5-7-9-11-13-15-16-17-18-41-44-47-50-54-58-62-66-70-76(81)82-71-67-63-59-55-51-48-45-42-39-37-35-33-31-29-27-25-23-21-19-20-22-24-26-28-30-32-34-36-38-40-43-46-49-53-57-61-65-69-75(80)77-73(72-78)74(79)68-64-60-56-52-14-12-10-8-6-4-2/h17-18,64,68,73-74,78-79H,3-16,19-63,65-67,69-72H2,1-2H3,(H,77,80)/b18-17-,68-64+. The predicted octanol–water partition coefficient (Wildman–Crippen LogP) is 24.5. The quantitative estimate of drug-likeness (QED) is 0.0320. The van der Waals surface area contributed by atoms with Gasteiger partial charge >= 0.3 is 5.97 Å². The van der Waals surface area contributed by atoms with Gasteiger partial charge in [-0.2, -0.15) is 0 Å². The van der Waals surface area contributed by atoms with E-state index in [0.29, 0.717) is 19.4 Å². The van der Waals surface area contributed by atoms with Gasteiger partial charge in [0.1, 0.15) is 0 Å². The molecule has 0 radical (unpaired) electrons. The zero-order valence-corrected chi connectivity index (χ0v) is 55.8. The Labute approximate surface area is 513 Å². The van der Waals surface area contributed by atoms with E-state index in [0.717, 1.165) is 38.5 Å². The monoisotopic (exact) mass is 1150 g/mol. The van der Waals surface area contributed by atoms with E-state index < -0.39 is 12.1 Å². The molecule has 82 heavy (non-hydrogen) atoms. The number of amides is 1. The van der Waals surface area contributed by atoms with Gasteiger partial charge < -0.3 is 20.3 Å². The van der Waals surface area contributed by atoms with Crippen molar-refractivity contribution in [1.82, 2.24) is 5.32 Å². The molecule has 0 aliphatic heterocycles. The van der Waals surface area contributed by atoms with Gasteiger partial charge in [-0.05, 0) is 57.8 Å². The van der Waals surface area contributed by atoms with Gasteiger partial charge in [0.15, 0.2) is 0 Å². The van der Waals surface area contributed by atoms with Gasteiger partial charge in [-0.1, -0.05) is 378 Å². The van der Waals surface area contributed by atoms with Gasteiger partial charge in [0.2, 0.25) is 5.91 Å². The lowest BCUT2D eigenvalue weighted by atomic mass is 10.0. The molecule has 0 aliphatic carbocycles. The molecule has 0 aliphatic rings. The highest BCUT2D eigenvalue weighted by Crippen LogP contribution is 2.19. The normalized spacial score (nSPS) is 12.6. The van der Waals surface area contributed by atoms with Gasteiger partial charge in [-0.3, -0.25) is 9.59 Å². The van der Waals surface area contributed by atoms with Crippen molar-refractivity contribution in [1.29, 1.82) is 0 Å². The van der Waals surface area contributed by atoms with Crippen molar-refractivity contribution in [3.8, 4) is 0 Å². The van der Waals surface area contributed by atoms with Gasteiger partial charge in [-0.15, -0.1) is 0 Å². The van der Waals surface area contributed by atoms with Crippen LogP contribution in [0.15, 0.2) is 24.3 Å². The molecule has 3 N–H and O–H groups in total. The van der Waals surface area contributed by atoms with Crippen LogP contribution in [0.25, 0.3) is 0 Å². The SMILES string of the molecule is CCCCCCCCC/C=C\CCCCCCCCCC(=O)OCCCCCCCCCCCCCCCCCCCCCCCCCCCCCCCCCCCCCCCC(=O)NC(CO)C(O)/C=C/CCCCCCCCCC. The molecule has 2 unspecified atom stereocenters. The van der Waals surface area contributed by atoms with Crippen LogP contribution in [0.1, 0.15) is 425 Å². The second kappa shape index (κ2) is 71.8. The van der Waals surface area contributed by atoms with E-state index >= 15 is 0 Å². The van der Waals surface area contributed by atoms with Crippen molar-refractivity contribution in [3.05, 3.63) is 24.3 Å². The maximum atomic E-state index is 12.4. The third-order valence-electron chi connectivity index (χ3n) is 17.7. The number of aliphatic hydroxyl groups is 2. The Bertz CT molecular complexity index is 1280. The van der Waals surface area contributed by atoms with Gasteiger partial charge in [0, 0.05) is 12.8 Å². The highest BCUT2D eigenvalue weighted by molar-refractivity contribution is 5.76. The zero-order valence-electron chi connectivity index (χ0n) is 55.8. The molecule has 6 nitrogen and oxygen atoms in total. The molecule has 2 atom stereocenters. The summed E-state index contributed by atoms with van der Waals surface area (Å²) in [6.07, 6.45) is 91.7. The Morgan fingerprint density at radius 3 is 0.866 bits per heavy atom. The number of hydrogen-bond donors (Lipinski definition) is 3. The Balaban J connectivity index is 3.27. The van der Waals surface area contributed by atoms with Gasteiger partial charge in [-0.25, -0.2) is 0 Å². The third-order valence-corrected chi connectivity index (χ3v) is 17.7. The first-order chi connectivity index (χ1) is 40.5. The first-order valence-corrected chi connectivity index (χ1v) is 37.6. The first kappa shape index (κ1) is 80.3. The molecule has 0 aromatic carbocycles. The molecule has 0 aromatic rings. The number of ether oxygens (including phenoxy) is 1. The minimum Gasteiger partial charge on any atom is -0.466 e. The second-order valence-electron chi connectivity index (χ2n) is 26.0. The molecule has 0 spiro atoms. The van der Waals surface area contributed by atoms with Crippen LogP contribution in [0.3, 0.4) is 0 Å². The zero-order chi connectivity index (χ0) is 59.2. The van der Waals surface area contributed by atoms with Crippen LogP contribution < -0.4 is 5.32 Å². The number of aliphatic hydroxyl groups excluding tert-OH is 2. The van der Waals surface area contributed by atoms with E-state index in [1.54, 1.807) is 6.08 Å². The Morgan fingerprint density at radius 1 is 0.329 bits per heavy atom. The third kappa shape index (κ3) is 67.5. The first-order valence-electron chi connectivity index (χ1n) is 37.6. The van der Waals surface area contributed by atoms with Crippen LogP contribution in [-0.4, -0.2) is 47.4 Å². The maximum Gasteiger partial charge on any atom is 0.305 e. The lowest BCUT2D eigenvalue weighted by molar-refractivity contribution is -0.143. The summed E-state index contributed by atoms with van der Waals surface area (Å²) in [6.45, 7) is 4.92. The number of rotatable bonds is 71. The van der Waals surface area contributed by atoms with E-state index in [2.05, 4.69) is 31.3 Å². The molecule has 0 aromatic heterocycles. The van der Waals surface area contributed by atoms with Crippen molar-refractivity contribution in [2.24, 2.45) is 0 Å². The Hall–Kier alpha value is -1.66. The van der Waals surface area contributed by atoms with Crippen molar-refractivity contribution in [2.45, 2.75) is 437 Å². The average molecular weight is 1160 g/mol. The van der Waals surface area contributed by atoms with Crippen molar-refractivity contribution < 1.29 is 24.5 Å². The van der Waals surface area contributed by atoms with Crippen molar-refractivity contribution in [2.75, 3.05) is 13.2 Å². The topological polar surface area (TPSA) is 95.9 Å². The number of unbranched alkanes of at least 4 members (excludes halogenated alkanes) is 58. The maximum absolute atomic E-state index is 12.4. The van der Waals surface area contributed by atoms with Crippen molar-refractivity contribution in [3.63, 3.8) is 0 Å². The number of esters is 1. The van der Waals surface area contributed by atoms with Gasteiger partial charge in [0.05, 0.1) is 25.4 Å². The average Bonchev–Trinajstić information content (AvgIpc) is 3.48. The number of carbonyl (C=O) groups is 2. The van der Waals surface area contributed by atoms with Crippen LogP contribution >= 0.6 is 0 Å². The summed E-state index contributed by atoms with van der Waals surface area (Å²) in [5, 5.41) is 23.0. The molecule has 0 rings (SSSR count). The van der Waals surface area contributed by atoms with Crippen molar-refractivity contribution >= 4 is 11.9 Å². The molecular formula is C76H147NO5. The summed E-state index contributed by atoms with van der Waals surface area (Å²) in [7, 11) is 0. The van der Waals surface area contributed by atoms with E-state index in [1.807, 2.05) is 6.08 Å². The van der Waals surface area contributed by atoms with E-state index in [1.165, 1.54) is 360 Å². The van der Waals surface area contributed by atoms with E-state index in [9.17, 15) is 19.8 Å². The minimum absolute atomic E-state index is 0.0209. The Kier molecular flexibility index (Phi) is 70.4. The lowest BCUT2D eigenvalue weighted by Crippen LogP contribution is -2.45. The molecule has 0 bridgehead atoms. The highest BCUT2D eigenvalue weighted by Gasteiger charge is 2.18. The predicted molar refractivity (Wildman–Crippen MR) is 361 cm³/mol. The van der Waals surface area contributed by atoms with E-state index in [-0.39, 0.29) is 18.5 Å². The summed E-state index contributed by atoms with van der Waals surface area (Å²) in [6, 6.07) is -0.621. The Morgan fingerprint density at radius 2 is 0.573 bits per heavy atom. The molecule has 6 heteroatoms. The van der Waals surface area contributed by atoms with Crippen LogP contribution in [0, 0.1) is 0 Å². The smallest absolute Gasteiger partial charge is 0.305 e. The second-order valence-corrected chi connectivity index (χ2v) is 26.0. The number of allylic oxidation sites excluding steroid dienone is 3. The van der Waals surface area contributed by atoms with Crippen LogP contribution in [0.5, 0.6) is 0 Å². The summed E-state index contributed by atoms with van der Waals surface area (Å²) in [4.78, 5) is 24.5. The minimum atomic E-state index is -0.838. The largest absolute Gasteiger partial charge is 0.466 e. The highest BCUT2D eigenvalue weighted by atomic mass is 16.5. The fourth-order valence-corrected chi connectivity index (χ4v) is 12.0. The fraction of sp³-hybridized carbons (Fsp3) is 0.921. The number of hydrogen-bond acceptors (Lipinski definition) is 5. The summed E-state index contributed by atoms with van der Waals surface area (Å²) >= 11 is 0. The summed E-state index contributed by atoms with van der Waals surface area (Å²) in [5.74, 6) is -0.0413. The lowest BCUT2D eigenvalue weighted by Gasteiger charge is -2.20. The van der Waals surface area contributed by atoms with E-state index in [4.69, 9.17) is 4.74 Å². The van der Waals surface area contributed by atoms with Crippen LogP contribution in [0.2, 0.25) is 0 Å². The van der Waals surface area contributed by atoms with Crippen LogP contribution in [-0.2, 0) is 14.3 Å². The molecule has 486 valence electrons. The molecule has 0 saturated carbocycles. The number of carbonyl (C=O) groups excluding carboxylic acids is 2. The fourth-order valence-electron chi connectivity index (χ4n) is 12.0. The van der Waals surface area contributed by atoms with Gasteiger partial charge in [0.25, 0.3) is 0 Å². The molecule has 1 amide bonds. The molecule has 0 saturated heterocycles.